The maximum absolute atomic E-state index is 12.5. The number of hydrogen-bond acceptors (Lipinski definition) is 2. The van der Waals surface area contributed by atoms with Crippen LogP contribution in [0.2, 0.25) is 0 Å². The fourth-order valence-corrected chi connectivity index (χ4v) is 3.47. The maximum Gasteiger partial charge on any atom is 0.319 e. The van der Waals surface area contributed by atoms with Crippen molar-refractivity contribution >= 4 is 12.0 Å². The van der Waals surface area contributed by atoms with Crippen LogP contribution in [0.4, 0.5) is 4.79 Å². The number of amides is 2. The summed E-state index contributed by atoms with van der Waals surface area (Å²) in [5.41, 5.74) is 0. The van der Waals surface area contributed by atoms with E-state index in [0.717, 1.165) is 64.2 Å². The molecule has 2 aliphatic rings. The average molecular weight is 296 g/mol. The van der Waals surface area contributed by atoms with Crippen molar-refractivity contribution in [3.63, 3.8) is 0 Å². The van der Waals surface area contributed by atoms with Crippen LogP contribution in [0.15, 0.2) is 0 Å². The molecule has 0 aromatic heterocycles. The van der Waals surface area contributed by atoms with Crippen LogP contribution in [0.3, 0.4) is 0 Å². The number of carbonyl (C=O) groups excluding carboxylic acids is 1. The van der Waals surface area contributed by atoms with Crippen LogP contribution in [0.1, 0.15) is 51.9 Å². The molecular weight excluding hydrogens is 268 g/mol. The Balaban J connectivity index is 1.72. The number of likely N-dealkylation sites (tertiary alicyclic amines) is 2. The highest BCUT2D eigenvalue weighted by atomic mass is 16.4. The van der Waals surface area contributed by atoms with E-state index in [9.17, 15) is 9.59 Å². The molecular formula is C16H28N2O3. The van der Waals surface area contributed by atoms with Crippen molar-refractivity contribution in [1.82, 2.24) is 9.80 Å². The Labute approximate surface area is 127 Å². The van der Waals surface area contributed by atoms with Crippen LogP contribution in [-0.2, 0) is 4.79 Å². The summed E-state index contributed by atoms with van der Waals surface area (Å²) in [5, 5.41) is 8.73. The monoisotopic (exact) mass is 296 g/mol. The van der Waals surface area contributed by atoms with Gasteiger partial charge in [-0.25, -0.2) is 4.79 Å². The third kappa shape index (κ3) is 4.61. The van der Waals surface area contributed by atoms with Crippen molar-refractivity contribution in [1.29, 1.82) is 0 Å². The molecule has 0 spiro atoms. The third-order valence-electron chi connectivity index (χ3n) is 5.11. The fraction of sp³-hybridized carbons (Fsp3) is 0.875. The number of nitrogens with zero attached hydrogens (tertiary/aromatic N) is 2. The quantitative estimate of drug-likeness (QED) is 0.867. The van der Waals surface area contributed by atoms with Gasteiger partial charge in [0.2, 0.25) is 0 Å². The smallest absolute Gasteiger partial charge is 0.319 e. The van der Waals surface area contributed by atoms with E-state index < -0.39 is 5.97 Å². The summed E-state index contributed by atoms with van der Waals surface area (Å²) >= 11 is 0. The van der Waals surface area contributed by atoms with Crippen LogP contribution in [-0.4, -0.2) is 53.1 Å². The minimum atomic E-state index is -0.715. The Kier molecular flexibility index (Phi) is 5.88. The van der Waals surface area contributed by atoms with Crippen molar-refractivity contribution in [2.75, 3.05) is 26.2 Å². The second kappa shape index (κ2) is 7.66. The van der Waals surface area contributed by atoms with Gasteiger partial charge in [0.25, 0.3) is 0 Å². The summed E-state index contributed by atoms with van der Waals surface area (Å²) in [6, 6.07) is 0.196. The SMILES string of the molecule is CCC1CCN(C(=O)N2CCC(CCC(=O)O)CC2)CC1. The van der Waals surface area contributed by atoms with Crippen molar-refractivity contribution in [3.8, 4) is 0 Å². The lowest BCUT2D eigenvalue weighted by atomic mass is 9.92. The molecule has 2 heterocycles. The lowest BCUT2D eigenvalue weighted by molar-refractivity contribution is -0.137. The first-order valence-corrected chi connectivity index (χ1v) is 8.35. The van der Waals surface area contributed by atoms with Gasteiger partial charge in [0, 0.05) is 32.6 Å². The van der Waals surface area contributed by atoms with E-state index in [1.165, 1.54) is 6.42 Å². The van der Waals surface area contributed by atoms with Gasteiger partial charge in [0.15, 0.2) is 0 Å². The minimum absolute atomic E-state index is 0.196. The number of carboxylic acids is 1. The molecule has 2 amide bonds. The van der Waals surface area contributed by atoms with Gasteiger partial charge in [-0.2, -0.15) is 0 Å². The van der Waals surface area contributed by atoms with Gasteiger partial charge in [-0.15, -0.1) is 0 Å². The molecule has 5 nitrogen and oxygen atoms in total. The molecule has 120 valence electrons. The van der Waals surface area contributed by atoms with Crippen LogP contribution in [0, 0.1) is 11.8 Å². The summed E-state index contributed by atoms with van der Waals surface area (Å²) in [6.07, 6.45) is 6.39. The van der Waals surface area contributed by atoms with Crippen molar-refractivity contribution in [2.45, 2.75) is 51.9 Å². The fourth-order valence-electron chi connectivity index (χ4n) is 3.47. The number of piperidine rings is 2. The predicted molar refractivity (Wildman–Crippen MR) is 81.2 cm³/mol. The van der Waals surface area contributed by atoms with Gasteiger partial charge in [0.1, 0.15) is 0 Å². The second-order valence-electron chi connectivity index (χ2n) is 6.48. The first-order chi connectivity index (χ1) is 10.1. The predicted octanol–water partition coefficient (Wildman–Crippen LogP) is 2.81. The van der Waals surface area contributed by atoms with Gasteiger partial charge in [-0.3, -0.25) is 4.79 Å². The lowest BCUT2D eigenvalue weighted by Gasteiger charge is -2.38. The Hall–Kier alpha value is -1.26. The van der Waals surface area contributed by atoms with Gasteiger partial charge in [-0.05, 0) is 43.9 Å². The highest BCUT2D eigenvalue weighted by molar-refractivity contribution is 5.74. The Morgan fingerprint density at radius 2 is 1.43 bits per heavy atom. The Bertz CT molecular complexity index is 357. The van der Waals surface area contributed by atoms with Gasteiger partial charge >= 0.3 is 12.0 Å². The molecule has 0 aromatic carbocycles. The summed E-state index contributed by atoms with van der Waals surface area (Å²) in [7, 11) is 0. The lowest BCUT2D eigenvalue weighted by Crippen LogP contribution is -2.49. The first kappa shape index (κ1) is 16.1. The molecule has 2 saturated heterocycles. The molecule has 2 aliphatic heterocycles. The molecule has 0 bridgehead atoms. The molecule has 0 atom stereocenters. The zero-order chi connectivity index (χ0) is 15.2. The minimum Gasteiger partial charge on any atom is -0.481 e. The van der Waals surface area contributed by atoms with E-state index in [4.69, 9.17) is 5.11 Å². The van der Waals surface area contributed by atoms with E-state index in [-0.39, 0.29) is 12.5 Å². The zero-order valence-electron chi connectivity index (χ0n) is 13.1. The van der Waals surface area contributed by atoms with Crippen LogP contribution in [0.5, 0.6) is 0 Å². The number of urea groups is 1. The van der Waals surface area contributed by atoms with Gasteiger partial charge in [0.05, 0.1) is 0 Å². The maximum atomic E-state index is 12.5. The van der Waals surface area contributed by atoms with E-state index in [1.807, 2.05) is 9.80 Å². The molecule has 0 aromatic rings. The summed E-state index contributed by atoms with van der Waals surface area (Å²) in [6.45, 7) is 5.60. The normalized spacial score (nSPS) is 21.6. The molecule has 1 N–H and O–H groups in total. The van der Waals surface area contributed by atoms with Gasteiger partial charge in [-0.1, -0.05) is 13.3 Å². The van der Waals surface area contributed by atoms with E-state index in [2.05, 4.69) is 6.92 Å². The van der Waals surface area contributed by atoms with Crippen molar-refractivity contribution < 1.29 is 14.7 Å². The number of hydrogen-bond donors (Lipinski definition) is 1. The summed E-state index contributed by atoms with van der Waals surface area (Å²) in [4.78, 5) is 27.0. The highest BCUT2D eigenvalue weighted by Gasteiger charge is 2.28. The first-order valence-electron chi connectivity index (χ1n) is 8.35. The standard InChI is InChI=1S/C16H28N2O3/c1-2-13-5-9-17(10-6-13)16(21)18-11-7-14(8-12-18)3-4-15(19)20/h13-14H,2-12H2,1H3,(H,19,20). The highest BCUT2D eigenvalue weighted by Crippen LogP contribution is 2.25. The van der Waals surface area contributed by atoms with Gasteiger partial charge < -0.3 is 14.9 Å². The molecule has 5 heteroatoms. The number of carboxylic acid groups (broad SMARTS) is 1. The average Bonchev–Trinajstić information content (AvgIpc) is 2.53. The molecule has 0 radical (unpaired) electrons. The Morgan fingerprint density at radius 3 is 1.86 bits per heavy atom. The molecule has 0 saturated carbocycles. The molecule has 21 heavy (non-hydrogen) atoms. The number of carbonyl (C=O) groups is 2. The summed E-state index contributed by atoms with van der Waals surface area (Å²) in [5.74, 6) is 0.541. The van der Waals surface area contributed by atoms with Crippen molar-refractivity contribution in [3.05, 3.63) is 0 Å². The molecule has 0 unspecified atom stereocenters. The van der Waals surface area contributed by atoms with Crippen molar-refractivity contribution in [2.24, 2.45) is 11.8 Å². The number of aliphatic carboxylic acids is 1. The van der Waals surface area contributed by atoms with E-state index >= 15 is 0 Å². The van der Waals surface area contributed by atoms with Crippen LogP contribution < -0.4 is 0 Å². The largest absolute Gasteiger partial charge is 0.481 e. The topological polar surface area (TPSA) is 60.9 Å². The van der Waals surface area contributed by atoms with Crippen LogP contribution >= 0.6 is 0 Å². The molecule has 0 aliphatic carbocycles. The van der Waals surface area contributed by atoms with E-state index in [0.29, 0.717) is 5.92 Å². The molecule has 2 rings (SSSR count). The third-order valence-corrected chi connectivity index (χ3v) is 5.11. The second-order valence-corrected chi connectivity index (χ2v) is 6.48. The Morgan fingerprint density at radius 1 is 0.952 bits per heavy atom. The number of rotatable bonds is 4. The molecule has 2 fully saturated rings. The zero-order valence-corrected chi connectivity index (χ0v) is 13.1. The van der Waals surface area contributed by atoms with Crippen LogP contribution in [0.25, 0.3) is 0 Å². The van der Waals surface area contributed by atoms with E-state index in [1.54, 1.807) is 0 Å². The summed E-state index contributed by atoms with van der Waals surface area (Å²) < 4.78 is 0.